The lowest BCUT2D eigenvalue weighted by Crippen LogP contribution is -1.98. The fourth-order valence-electron chi connectivity index (χ4n) is 3.31. The van der Waals surface area contributed by atoms with Crippen LogP contribution in [0.5, 0.6) is 0 Å². The van der Waals surface area contributed by atoms with Gasteiger partial charge in [0.15, 0.2) is 5.58 Å². The zero-order valence-corrected chi connectivity index (χ0v) is 17.6. The summed E-state index contributed by atoms with van der Waals surface area (Å²) in [6.45, 7) is 4.11. The van der Waals surface area contributed by atoms with Crippen molar-refractivity contribution in [1.82, 2.24) is 9.97 Å². The van der Waals surface area contributed by atoms with Gasteiger partial charge in [-0.25, -0.2) is 14.4 Å². The zero-order valence-electron chi connectivity index (χ0n) is 15.2. The predicted octanol–water partition coefficient (Wildman–Crippen LogP) is 6.44. The van der Waals surface area contributed by atoms with Gasteiger partial charge >= 0.3 is 0 Å². The van der Waals surface area contributed by atoms with Crippen LogP contribution in [-0.2, 0) is 6.42 Å². The normalized spacial score (nSPS) is 12.2. The van der Waals surface area contributed by atoms with Crippen molar-refractivity contribution in [3.63, 3.8) is 0 Å². The van der Waals surface area contributed by atoms with Crippen molar-refractivity contribution < 1.29 is 8.81 Å². The summed E-state index contributed by atoms with van der Waals surface area (Å²) in [5, 5.41) is 11.4. The molecule has 4 aromatic rings. The van der Waals surface area contributed by atoms with E-state index in [-0.39, 0.29) is 11.7 Å². The average molecular weight is 456 g/mol. The Hall–Kier alpha value is -2.56. The maximum Gasteiger partial charge on any atom is 0.152 e. The number of nitrogens with zero attached hydrogens (tertiary/aromatic N) is 3. The average Bonchev–Trinajstić information content (AvgIpc) is 3.29. The van der Waals surface area contributed by atoms with Crippen LogP contribution >= 0.6 is 27.3 Å². The molecule has 0 bridgehead atoms. The van der Waals surface area contributed by atoms with Crippen molar-refractivity contribution in [2.75, 3.05) is 0 Å². The molecule has 0 radical (unpaired) electrons. The molecule has 0 saturated heterocycles. The molecule has 0 saturated carbocycles. The second kappa shape index (κ2) is 7.46. The van der Waals surface area contributed by atoms with E-state index in [9.17, 15) is 9.65 Å². The van der Waals surface area contributed by atoms with Gasteiger partial charge in [0.25, 0.3) is 0 Å². The van der Waals surface area contributed by atoms with Gasteiger partial charge in [-0.15, -0.1) is 11.3 Å². The molecule has 28 heavy (non-hydrogen) atoms. The van der Waals surface area contributed by atoms with E-state index in [0.717, 1.165) is 43.9 Å². The van der Waals surface area contributed by atoms with E-state index in [4.69, 9.17) is 9.40 Å². The van der Waals surface area contributed by atoms with E-state index in [2.05, 4.69) is 33.9 Å². The molecule has 1 aromatic carbocycles. The van der Waals surface area contributed by atoms with Crippen LogP contribution in [0.2, 0.25) is 0 Å². The Balaban J connectivity index is 1.84. The monoisotopic (exact) mass is 455 g/mol. The Morgan fingerprint density at radius 2 is 2.07 bits per heavy atom. The van der Waals surface area contributed by atoms with Gasteiger partial charge in [-0.1, -0.05) is 13.8 Å². The number of hydrogen-bond donors (Lipinski definition) is 0. The summed E-state index contributed by atoms with van der Waals surface area (Å²) in [5.41, 5.74) is 3.11. The Labute approximate surface area is 173 Å². The molecule has 4 rings (SSSR count). The molecular weight excluding hydrogens is 441 g/mol. The number of aromatic nitrogens is 2. The van der Waals surface area contributed by atoms with Crippen molar-refractivity contribution in [2.24, 2.45) is 0 Å². The summed E-state index contributed by atoms with van der Waals surface area (Å²) in [6, 6.07) is 10.2. The summed E-state index contributed by atoms with van der Waals surface area (Å²) in [5.74, 6) is 0.513. The van der Waals surface area contributed by atoms with Crippen molar-refractivity contribution in [1.29, 1.82) is 5.26 Å². The Morgan fingerprint density at radius 1 is 1.32 bits per heavy atom. The maximum absolute atomic E-state index is 13.3. The highest BCUT2D eigenvalue weighted by molar-refractivity contribution is 9.10. The lowest BCUT2D eigenvalue weighted by molar-refractivity contribution is 0.546. The van der Waals surface area contributed by atoms with Gasteiger partial charge in [-0.3, -0.25) is 0 Å². The number of aryl methyl sites for hydroxylation is 1. The molecular formula is C21H15BrFN3OS. The molecule has 3 aromatic heterocycles. The summed E-state index contributed by atoms with van der Waals surface area (Å²) < 4.78 is 20.0. The number of fused-ring (bicyclic) bond motifs is 1. The molecule has 140 valence electrons. The first-order chi connectivity index (χ1) is 13.5. The topological polar surface area (TPSA) is 62.7 Å². The number of rotatable bonds is 4. The number of halogens is 2. The number of thiazole rings is 1. The lowest BCUT2D eigenvalue weighted by Gasteiger charge is -2.09. The number of benzene rings is 1. The first-order valence-electron chi connectivity index (χ1n) is 8.75. The van der Waals surface area contributed by atoms with E-state index >= 15 is 0 Å². The Bertz CT molecular complexity index is 1210. The molecule has 0 aliphatic heterocycles. The first-order valence-corrected chi connectivity index (χ1v) is 10.4. The number of pyridine rings is 1. The molecule has 0 aliphatic rings. The standard InChI is InChI=1S/C21H15BrFN3OS/c1-3-15-19(14-8-18(22)25-10-16(14)27-15)11(2)21-26-20(17(9-24)28-21)12-4-6-13(23)7-5-12/h4-8,10-11H,3H2,1-2H3. The highest BCUT2D eigenvalue weighted by Gasteiger charge is 2.25. The minimum atomic E-state index is -0.317. The van der Waals surface area contributed by atoms with Crippen LogP contribution < -0.4 is 0 Å². The minimum Gasteiger partial charge on any atom is -0.459 e. The molecule has 0 spiro atoms. The van der Waals surface area contributed by atoms with E-state index in [1.54, 1.807) is 18.3 Å². The molecule has 1 unspecified atom stereocenters. The third kappa shape index (κ3) is 3.23. The second-order valence-corrected chi connectivity index (χ2v) is 8.21. The largest absolute Gasteiger partial charge is 0.459 e. The smallest absolute Gasteiger partial charge is 0.152 e. The van der Waals surface area contributed by atoms with E-state index in [0.29, 0.717) is 10.6 Å². The van der Waals surface area contributed by atoms with Gasteiger partial charge in [0, 0.05) is 28.9 Å². The SMILES string of the molecule is CCc1oc2cnc(Br)cc2c1C(C)c1nc(-c2ccc(F)cc2)c(C#N)s1. The molecule has 7 heteroatoms. The van der Waals surface area contributed by atoms with Crippen LogP contribution in [0.25, 0.3) is 22.2 Å². The van der Waals surface area contributed by atoms with Crippen LogP contribution in [0.3, 0.4) is 0 Å². The third-order valence-corrected chi connectivity index (χ3v) is 6.22. The molecule has 1 atom stereocenters. The van der Waals surface area contributed by atoms with Crippen LogP contribution in [-0.4, -0.2) is 9.97 Å². The molecule has 0 aliphatic carbocycles. The highest BCUT2D eigenvalue weighted by atomic mass is 79.9. The quantitative estimate of drug-likeness (QED) is 0.332. The van der Waals surface area contributed by atoms with E-state index < -0.39 is 0 Å². The third-order valence-electron chi connectivity index (χ3n) is 4.65. The summed E-state index contributed by atoms with van der Waals surface area (Å²) in [7, 11) is 0. The van der Waals surface area contributed by atoms with Gasteiger partial charge < -0.3 is 4.42 Å². The summed E-state index contributed by atoms with van der Waals surface area (Å²) in [4.78, 5) is 9.50. The van der Waals surface area contributed by atoms with Crippen LogP contribution in [0.4, 0.5) is 4.39 Å². The fraction of sp³-hybridized carbons (Fsp3) is 0.190. The molecule has 0 fully saturated rings. The lowest BCUT2D eigenvalue weighted by atomic mass is 9.97. The minimum absolute atomic E-state index is 0.0585. The van der Waals surface area contributed by atoms with Crippen molar-refractivity contribution >= 4 is 38.2 Å². The van der Waals surface area contributed by atoms with Crippen LogP contribution in [0, 0.1) is 17.1 Å². The number of hydrogen-bond acceptors (Lipinski definition) is 5. The Kier molecular flexibility index (Phi) is 5.00. The summed E-state index contributed by atoms with van der Waals surface area (Å²) in [6.07, 6.45) is 2.45. The van der Waals surface area contributed by atoms with Gasteiger partial charge in [-0.2, -0.15) is 5.26 Å². The van der Waals surface area contributed by atoms with Crippen molar-refractivity contribution in [3.05, 3.63) is 68.2 Å². The van der Waals surface area contributed by atoms with Crippen molar-refractivity contribution in [3.8, 4) is 17.3 Å². The first kappa shape index (κ1) is 18.8. The van der Waals surface area contributed by atoms with Gasteiger partial charge in [-0.05, 0) is 46.3 Å². The molecule has 0 N–H and O–H groups in total. The predicted molar refractivity (Wildman–Crippen MR) is 111 cm³/mol. The van der Waals surface area contributed by atoms with Crippen LogP contribution in [0.1, 0.15) is 41.0 Å². The van der Waals surface area contributed by atoms with Crippen molar-refractivity contribution in [2.45, 2.75) is 26.2 Å². The fourth-order valence-corrected chi connectivity index (χ4v) is 4.59. The molecule has 0 amide bonds. The van der Waals surface area contributed by atoms with E-state index in [1.807, 2.05) is 13.0 Å². The van der Waals surface area contributed by atoms with Gasteiger partial charge in [0.1, 0.15) is 32.1 Å². The van der Waals surface area contributed by atoms with Gasteiger partial charge in [0.05, 0.1) is 11.9 Å². The second-order valence-electron chi connectivity index (χ2n) is 6.37. The highest BCUT2D eigenvalue weighted by Crippen LogP contribution is 2.40. The van der Waals surface area contributed by atoms with Gasteiger partial charge in [0.2, 0.25) is 0 Å². The van der Waals surface area contributed by atoms with Crippen LogP contribution in [0.15, 0.2) is 45.5 Å². The number of nitriles is 1. The molecule has 3 heterocycles. The van der Waals surface area contributed by atoms with E-state index in [1.165, 1.54) is 23.5 Å². The maximum atomic E-state index is 13.3. The zero-order chi connectivity index (χ0) is 19.8. The number of furan rings is 1. The summed E-state index contributed by atoms with van der Waals surface area (Å²) >= 11 is 4.79. The Morgan fingerprint density at radius 3 is 2.75 bits per heavy atom. The molecule has 4 nitrogen and oxygen atoms in total.